The molecule has 2 aromatic carbocycles. The highest BCUT2D eigenvalue weighted by Crippen LogP contribution is 2.26. The van der Waals surface area contributed by atoms with Crippen molar-refractivity contribution in [1.82, 2.24) is 5.16 Å². The number of benzene rings is 2. The lowest BCUT2D eigenvalue weighted by atomic mass is 10.1. The Balaban J connectivity index is 1.81. The van der Waals surface area contributed by atoms with E-state index < -0.39 is 0 Å². The maximum absolute atomic E-state index is 11.5. The smallest absolute Gasteiger partial charge is 0.337 e. The zero-order chi connectivity index (χ0) is 16.9. The molecule has 0 aliphatic heterocycles. The van der Waals surface area contributed by atoms with E-state index in [0.29, 0.717) is 5.56 Å². The second-order valence-electron chi connectivity index (χ2n) is 5.59. The molecule has 122 valence electrons. The molecule has 0 spiro atoms. The minimum atomic E-state index is -0.352. The average Bonchev–Trinajstić information content (AvgIpc) is 3.12. The molecule has 0 aliphatic rings. The Morgan fingerprint density at radius 3 is 2.33 bits per heavy atom. The molecule has 0 amide bonds. The van der Waals surface area contributed by atoms with Gasteiger partial charge in [-0.25, -0.2) is 4.79 Å². The number of carbonyl (C=O) groups excluding carboxylic acids is 1. The van der Waals surface area contributed by atoms with Crippen LogP contribution in [-0.4, -0.2) is 18.2 Å². The molecular weight excluding hydrogens is 302 g/mol. The first-order valence-electron chi connectivity index (χ1n) is 7.96. The van der Waals surface area contributed by atoms with Gasteiger partial charge in [0.1, 0.15) is 5.69 Å². The first-order valence-corrected chi connectivity index (χ1v) is 7.96. The van der Waals surface area contributed by atoms with Crippen LogP contribution in [-0.2, 0) is 11.2 Å². The van der Waals surface area contributed by atoms with Gasteiger partial charge in [0.2, 0.25) is 0 Å². The summed E-state index contributed by atoms with van der Waals surface area (Å²) in [5.41, 5.74) is 4.45. The van der Waals surface area contributed by atoms with Crippen LogP contribution in [0.5, 0.6) is 0 Å². The molecule has 0 bridgehead atoms. The fourth-order valence-corrected chi connectivity index (χ4v) is 2.57. The zero-order valence-electron chi connectivity index (χ0n) is 13.8. The Morgan fingerprint density at radius 1 is 1.04 bits per heavy atom. The zero-order valence-corrected chi connectivity index (χ0v) is 13.8. The van der Waals surface area contributed by atoms with E-state index in [2.05, 4.69) is 36.3 Å². The second kappa shape index (κ2) is 7.13. The van der Waals surface area contributed by atoms with Gasteiger partial charge in [-0.05, 0) is 24.1 Å². The summed E-state index contributed by atoms with van der Waals surface area (Å²) in [4.78, 5) is 11.5. The summed E-state index contributed by atoms with van der Waals surface area (Å²) in [5, 5.41) is 4.13. The third-order valence-electron chi connectivity index (χ3n) is 3.89. The van der Waals surface area contributed by atoms with Crippen LogP contribution in [0.1, 0.15) is 29.3 Å². The van der Waals surface area contributed by atoms with Crippen molar-refractivity contribution in [2.45, 2.75) is 19.8 Å². The monoisotopic (exact) mass is 321 g/mol. The fraction of sp³-hybridized carbons (Fsp3) is 0.200. The van der Waals surface area contributed by atoms with Gasteiger partial charge in [-0.2, -0.15) is 0 Å². The van der Waals surface area contributed by atoms with Crippen molar-refractivity contribution in [2.75, 3.05) is 7.11 Å². The molecule has 0 unspecified atom stereocenters. The van der Waals surface area contributed by atoms with Crippen LogP contribution in [0.4, 0.5) is 0 Å². The number of hydrogen-bond acceptors (Lipinski definition) is 4. The first-order chi connectivity index (χ1) is 11.7. The number of esters is 1. The molecule has 0 fully saturated rings. The lowest BCUT2D eigenvalue weighted by Crippen LogP contribution is -2.00. The molecule has 4 heteroatoms. The molecule has 0 radical (unpaired) electrons. The lowest BCUT2D eigenvalue weighted by Gasteiger charge is -2.00. The van der Waals surface area contributed by atoms with Crippen molar-refractivity contribution >= 4 is 5.97 Å². The van der Waals surface area contributed by atoms with E-state index in [1.807, 2.05) is 18.2 Å². The quantitative estimate of drug-likeness (QED) is 0.636. The van der Waals surface area contributed by atoms with Crippen LogP contribution in [0.2, 0.25) is 0 Å². The number of rotatable bonds is 5. The summed E-state index contributed by atoms with van der Waals surface area (Å²) in [6.45, 7) is 2.17. The Hall–Kier alpha value is -2.88. The van der Waals surface area contributed by atoms with Crippen molar-refractivity contribution in [2.24, 2.45) is 0 Å². The van der Waals surface area contributed by atoms with Crippen molar-refractivity contribution in [3.8, 4) is 22.6 Å². The van der Waals surface area contributed by atoms with Crippen molar-refractivity contribution in [3.63, 3.8) is 0 Å². The van der Waals surface area contributed by atoms with E-state index in [0.717, 1.165) is 35.4 Å². The SMILES string of the molecule is CCCc1ccc(-c2cc(-c3ccc(C(=O)OC)cc3)no2)cc1. The lowest BCUT2D eigenvalue weighted by molar-refractivity contribution is 0.0601. The highest BCUT2D eigenvalue weighted by molar-refractivity contribution is 5.89. The molecule has 4 nitrogen and oxygen atoms in total. The van der Waals surface area contributed by atoms with Crippen LogP contribution in [0.25, 0.3) is 22.6 Å². The number of ether oxygens (including phenoxy) is 1. The maximum Gasteiger partial charge on any atom is 0.337 e. The summed E-state index contributed by atoms with van der Waals surface area (Å²) in [6, 6.07) is 17.3. The molecule has 0 aliphatic carbocycles. The summed E-state index contributed by atoms with van der Waals surface area (Å²) in [7, 11) is 1.37. The Labute approximate surface area is 141 Å². The second-order valence-corrected chi connectivity index (χ2v) is 5.59. The highest BCUT2D eigenvalue weighted by Gasteiger charge is 2.10. The number of hydrogen-bond donors (Lipinski definition) is 0. The number of aromatic nitrogens is 1. The van der Waals surface area contributed by atoms with Gasteiger partial charge in [-0.1, -0.05) is 54.9 Å². The summed E-state index contributed by atoms with van der Waals surface area (Å²) in [6.07, 6.45) is 2.21. The summed E-state index contributed by atoms with van der Waals surface area (Å²) >= 11 is 0. The predicted octanol–water partition coefficient (Wildman–Crippen LogP) is 4.75. The molecule has 3 aromatic rings. The van der Waals surface area contributed by atoms with E-state index in [1.54, 1.807) is 12.1 Å². The Kier molecular flexibility index (Phi) is 4.75. The predicted molar refractivity (Wildman–Crippen MR) is 92.7 cm³/mol. The molecule has 1 heterocycles. The van der Waals surface area contributed by atoms with Gasteiger partial charge in [0, 0.05) is 17.2 Å². The van der Waals surface area contributed by atoms with Crippen LogP contribution >= 0.6 is 0 Å². The highest BCUT2D eigenvalue weighted by atomic mass is 16.5. The van der Waals surface area contributed by atoms with Gasteiger partial charge < -0.3 is 9.26 Å². The Bertz CT molecular complexity index is 817. The third-order valence-corrected chi connectivity index (χ3v) is 3.89. The number of aryl methyl sites for hydroxylation is 1. The third kappa shape index (κ3) is 3.38. The summed E-state index contributed by atoms with van der Waals surface area (Å²) in [5.74, 6) is 0.375. The van der Waals surface area contributed by atoms with Gasteiger partial charge in [0.05, 0.1) is 12.7 Å². The standard InChI is InChI=1S/C20H19NO3/c1-3-4-14-5-7-16(8-6-14)19-13-18(21-24-19)15-9-11-17(12-10-15)20(22)23-2/h5-13H,3-4H2,1-2H3. The molecule has 24 heavy (non-hydrogen) atoms. The Morgan fingerprint density at radius 2 is 1.71 bits per heavy atom. The van der Waals surface area contributed by atoms with Gasteiger partial charge in [-0.3, -0.25) is 0 Å². The molecule has 0 saturated heterocycles. The van der Waals surface area contributed by atoms with Gasteiger partial charge >= 0.3 is 5.97 Å². The van der Waals surface area contributed by atoms with E-state index in [9.17, 15) is 4.79 Å². The van der Waals surface area contributed by atoms with Crippen LogP contribution in [0.3, 0.4) is 0 Å². The first kappa shape index (κ1) is 16.0. The molecular formula is C20H19NO3. The van der Waals surface area contributed by atoms with Gasteiger partial charge in [0.25, 0.3) is 0 Å². The number of methoxy groups -OCH3 is 1. The minimum Gasteiger partial charge on any atom is -0.465 e. The molecule has 1 aromatic heterocycles. The van der Waals surface area contributed by atoms with E-state index in [1.165, 1.54) is 12.7 Å². The van der Waals surface area contributed by atoms with Crippen molar-refractivity contribution in [3.05, 3.63) is 65.7 Å². The molecule has 0 N–H and O–H groups in total. The van der Waals surface area contributed by atoms with Crippen molar-refractivity contribution in [1.29, 1.82) is 0 Å². The topological polar surface area (TPSA) is 52.3 Å². The van der Waals surface area contributed by atoms with Crippen LogP contribution in [0.15, 0.2) is 59.1 Å². The van der Waals surface area contributed by atoms with Crippen molar-refractivity contribution < 1.29 is 14.1 Å². The van der Waals surface area contributed by atoms with E-state index in [4.69, 9.17) is 9.26 Å². The van der Waals surface area contributed by atoms with Gasteiger partial charge in [0.15, 0.2) is 5.76 Å². The maximum atomic E-state index is 11.5. The normalized spacial score (nSPS) is 10.6. The molecule has 0 atom stereocenters. The fourth-order valence-electron chi connectivity index (χ4n) is 2.57. The van der Waals surface area contributed by atoms with E-state index >= 15 is 0 Å². The summed E-state index contributed by atoms with van der Waals surface area (Å²) < 4.78 is 10.2. The number of nitrogens with zero attached hydrogens (tertiary/aromatic N) is 1. The number of carbonyl (C=O) groups is 1. The average molecular weight is 321 g/mol. The van der Waals surface area contributed by atoms with Gasteiger partial charge in [-0.15, -0.1) is 0 Å². The van der Waals surface area contributed by atoms with Crippen LogP contribution in [0, 0.1) is 0 Å². The van der Waals surface area contributed by atoms with E-state index in [-0.39, 0.29) is 5.97 Å². The minimum absolute atomic E-state index is 0.352. The largest absolute Gasteiger partial charge is 0.465 e. The molecule has 3 rings (SSSR count). The molecule has 0 saturated carbocycles. The van der Waals surface area contributed by atoms with Crippen LogP contribution < -0.4 is 0 Å².